The predicted octanol–water partition coefficient (Wildman–Crippen LogP) is 4.98. The van der Waals surface area contributed by atoms with Crippen molar-refractivity contribution in [2.24, 2.45) is 0 Å². The molecular formula is C22H25N3O3S. The highest BCUT2D eigenvalue weighted by atomic mass is 32.1. The minimum absolute atomic E-state index is 0.0136. The number of nitrogens with zero attached hydrogens (tertiary/aromatic N) is 2. The molecule has 152 valence electrons. The van der Waals surface area contributed by atoms with E-state index < -0.39 is 5.97 Å². The summed E-state index contributed by atoms with van der Waals surface area (Å²) in [5, 5.41) is 12.3. The first-order valence-electron chi connectivity index (χ1n) is 9.62. The Bertz CT molecular complexity index is 983. The summed E-state index contributed by atoms with van der Waals surface area (Å²) in [5.41, 5.74) is 3.64. The van der Waals surface area contributed by atoms with Crippen molar-refractivity contribution < 1.29 is 14.6 Å². The number of thiophene rings is 1. The molecule has 3 aromatic rings. The largest absolute Gasteiger partial charge is 0.481 e. The van der Waals surface area contributed by atoms with Gasteiger partial charge in [0.1, 0.15) is 5.82 Å². The summed E-state index contributed by atoms with van der Waals surface area (Å²) < 4.78 is 5.49. The number of carbonyl (C=O) groups is 1. The molecule has 0 saturated heterocycles. The van der Waals surface area contributed by atoms with Crippen LogP contribution in [0.15, 0.2) is 36.4 Å². The average Bonchev–Trinajstić information content (AvgIpc) is 3.16. The summed E-state index contributed by atoms with van der Waals surface area (Å²) in [6, 6.07) is 11.5. The Morgan fingerprint density at radius 1 is 1.14 bits per heavy atom. The number of aliphatic carboxylic acids is 1. The highest BCUT2D eigenvalue weighted by molar-refractivity contribution is 7.15. The topological polar surface area (TPSA) is 84.3 Å². The van der Waals surface area contributed by atoms with Crippen molar-refractivity contribution in [1.82, 2.24) is 9.97 Å². The molecule has 2 N–H and O–H groups in total. The minimum Gasteiger partial charge on any atom is -0.481 e. The van der Waals surface area contributed by atoms with E-state index in [1.165, 1.54) is 0 Å². The molecule has 0 radical (unpaired) electrons. The van der Waals surface area contributed by atoms with Crippen LogP contribution in [-0.2, 0) is 29.0 Å². The molecule has 2 heterocycles. The molecule has 0 amide bonds. The monoisotopic (exact) mass is 411 g/mol. The third-order valence-corrected chi connectivity index (χ3v) is 5.52. The number of rotatable bonds is 9. The van der Waals surface area contributed by atoms with Gasteiger partial charge in [0.2, 0.25) is 0 Å². The minimum atomic E-state index is -0.838. The van der Waals surface area contributed by atoms with Gasteiger partial charge in [-0.15, -0.1) is 11.3 Å². The standard InChI is InChI=1S/C22H25N3O3S/c1-4-18-14(3)23-22(19-11-10-17(29-19)13-28-5-2)25-21(18)24-16-8-6-15(7-9-16)12-20(26)27/h6-11H,4-5,12-13H2,1-3H3,(H,26,27)(H,23,24,25). The Balaban J connectivity index is 1.87. The van der Waals surface area contributed by atoms with Crippen molar-refractivity contribution in [2.75, 3.05) is 11.9 Å². The Labute approximate surface area is 174 Å². The van der Waals surface area contributed by atoms with Crippen LogP contribution in [-0.4, -0.2) is 27.7 Å². The van der Waals surface area contributed by atoms with Crippen LogP contribution >= 0.6 is 11.3 Å². The zero-order chi connectivity index (χ0) is 20.8. The summed E-state index contributed by atoms with van der Waals surface area (Å²) in [6.07, 6.45) is 0.825. The second-order valence-electron chi connectivity index (χ2n) is 6.61. The van der Waals surface area contributed by atoms with Crippen molar-refractivity contribution in [3.8, 4) is 10.7 Å². The molecule has 0 aliphatic heterocycles. The third kappa shape index (κ3) is 5.40. The third-order valence-electron chi connectivity index (χ3n) is 4.47. The molecule has 3 rings (SSSR count). The van der Waals surface area contributed by atoms with E-state index in [0.717, 1.165) is 44.5 Å². The van der Waals surface area contributed by atoms with E-state index >= 15 is 0 Å². The van der Waals surface area contributed by atoms with Crippen LogP contribution < -0.4 is 5.32 Å². The van der Waals surface area contributed by atoms with Gasteiger partial charge in [-0.05, 0) is 50.1 Å². The lowest BCUT2D eigenvalue weighted by Crippen LogP contribution is -2.05. The van der Waals surface area contributed by atoms with Gasteiger partial charge >= 0.3 is 5.97 Å². The number of nitrogens with one attached hydrogen (secondary N) is 1. The number of benzene rings is 1. The number of carboxylic acid groups (broad SMARTS) is 1. The summed E-state index contributed by atoms with van der Waals surface area (Å²) >= 11 is 1.64. The van der Waals surface area contributed by atoms with E-state index in [4.69, 9.17) is 19.8 Å². The van der Waals surface area contributed by atoms with Crippen LogP contribution in [0.3, 0.4) is 0 Å². The van der Waals surface area contributed by atoms with E-state index in [2.05, 4.69) is 18.3 Å². The van der Waals surface area contributed by atoms with Crippen molar-refractivity contribution in [3.63, 3.8) is 0 Å². The lowest BCUT2D eigenvalue weighted by atomic mass is 10.1. The Kier molecular flexibility index (Phi) is 6.95. The Morgan fingerprint density at radius 2 is 1.90 bits per heavy atom. The normalized spacial score (nSPS) is 10.9. The SMILES string of the molecule is CCOCc1ccc(-c2nc(C)c(CC)c(Nc3ccc(CC(=O)O)cc3)n2)s1. The van der Waals surface area contributed by atoms with Crippen molar-refractivity contribution >= 4 is 28.8 Å². The van der Waals surface area contributed by atoms with Crippen LogP contribution in [0.1, 0.15) is 35.5 Å². The molecule has 0 bridgehead atoms. The summed E-state index contributed by atoms with van der Waals surface area (Å²) in [6.45, 7) is 7.35. The molecule has 0 unspecified atom stereocenters. The number of hydrogen-bond donors (Lipinski definition) is 2. The molecule has 0 saturated carbocycles. The summed E-state index contributed by atoms with van der Waals surface area (Å²) in [4.78, 5) is 22.5. The number of anilines is 2. The zero-order valence-corrected chi connectivity index (χ0v) is 17.7. The van der Waals surface area contributed by atoms with Gasteiger partial charge in [-0.1, -0.05) is 19.1 Å². The first-order chi connectivity index (χ1) is 14.0. The molecule has 7 heteroatoms. The van der Waals surface area contributed by atoms with E-state index in [-0.39, 0.29) is 6.42 Å². The fraction of sp³-hybridized carbons (Fsp3) is 0.318. The molecule has 0 fully saturated rings. The van der Waals surface area contributed by atoms with E-state index in [1.54, 1.807) is 11.3 Å². The maximum atomic E-state index is 10.9. The lowest BCUT2D eigenvalue weighted by Gasteiger charge is -2.14. The first kappa shape index (κ1) is 21.0. The molecule has 0 aliphatic carbocycles. The quantitative estimate of drug-likeness (QED) is 0.516. The Hall–Kier alpha value is -2.77. The van der Waals surface area contributed by atoms with Gasteiger partial charge in [0, 0.05) is 28.4 Å². The summed E-state index contributed by atoms with van der Waals surface area (Å²) in [7, 11) is 0. The number of aromatic nitrogens is 2. The van der Waals surface area contributed by atoms with E-state index in [0.29, 0.717) is 19.0 Å². The maximum Gasteiger partial charge on any atom is 0.307 e. The van der Waals surface area contributed by atoms with Gasteiger partial charge in [-0.3, -0.25) is 4.79 Å². The fourth-order valence-corrected chi connectivity index (χ4v) is 3.91. The molecule has 0 atom stereocenters. The smallest absolute Gasteiger partial charge is 0.307 e. The van der Waals surface area contributed by atoms with Gasteiger partial charge in [-0.25, -0.2) is 9.97 Å². The number of hydrogen-bond acceptors (Lipinski definition) is 6. The van der Waals surface area contributed by atoms with Gasteiger partial charge < -0.3 is 15.2 Å². The average molecular weight is 412 g/mol. The van der Waals surface area contributed by atoms with Crippen LogP contribution in [0.4, 0.5) is 11.5 Å². The molecule has 0 aliphatic rings. The van der Waals surface area contributed by atoms with Crippen molar-refractivity contribution in [3.05, 3.63) is 58.1 Å². The second-order valence-corrected chi connectivity index (χ2v) is 7.78. The number of ether oxygens (including phenoxy) is 1. The van der Waals surface area contributed by atoms with Crippen LogP contribution in [0, 0.1) is 6.92 Å². The number of carboxylic acids is 1. The molecule has 2 aromatic heterocycles. The van der Waals surface area contributed by atoms with Gasteiger partial charge in [0.05, 0.1) is 17.9 Å². The van der Waals surface area contributed by atoms with E-state index in [9.17, 15) is 4.79 Å². The van der Waals surface area contributed by atoms with E-state index in [1.807, 2.05) is 44.2 Å². The zero-order valence-electron chi connectivity index (χ0n) is 16.9. The molecule has 0 spiro atoms. The molecular weight excluding hydrogens is 386 g/mol. The highest BCUT2D eigenvalue weighted by Gasteiger charge is 2.14. The second kappa shape index (κ2) is 9.62. The van der Waals surface area contributed by atoms with Gasteiger partial charge in [0.15, 0.2) is 5.82 Å². The molecule has 6 nitrogen and oxygen atoms in total. The highest BCUT2D eigenvalue weighted by Crippen LogP contribution is 2.30. The van der Waals surface area contributed by atoms with Crippen LogP contribution in [0.5, 0.6) is 0 Å². The van der Waals surface area contributed by atoms with Crippen LogP contribution in [0.25, 0.3) is 10.7 Å². The van der Waals surface area contributed by atoms with Crippen molar-refractivity contribution in [1.29, 1.82) is 0 Å². The molecule has 1 aromatic carbocycles. The fourth-order valence-electron chi connectivity index (χ4n) is 3.03. The molecule has 29 heavy (non-hydrogen) atoms. The lowest BCUT2D eigenvalue weighted by molar-refractivity contribution is -0.136. The predicted molar refractivity (Wildman–Crippen MR) is 116 cm³/mol. The van der Waals surface area contributed by atoms with Crippen molar-refractivity contribution in [2.45, 2.75) is 40.2 Å². The Morgan fingerprint density at radius 3 is 2.55 bits per heavy atom. The van der Waals surface area contributed by atoms with Crippen LogP contribution in [0.2, 0.25) is 0 Å². The van der Waals surface area contributed by atoms with Gasteiger partial charge in [-0.2, -0.15) is 0 Å². The summed E-state index contributed by atoms with van der Waals surface area (Å²) in [5.74, 6) is 0.632. The van der Waals surface area contributed by atoms with Gasteiger partial charge in [0.25, 0.3) is 0 Å². The first-order valence-corrected chi connectivity index (χ1v) is 10.4. The number of aryl methyl sites for hydroxylation is 1. The maximum absolute atomic E-state index is 10.9.